The molecule has 0 unspecified atom stereocenters. The fourth-order valence-electron chi connectivity index (χ4n) is 2.75. The first kappa shape index (κ1) is 13.6. The molecular formula is C18H17NO2. The van der Waals surface area contributed by atoms with Crippen molar-refractivity contribution < 1.29 is 9.59 Å². The fraction of sp³-hybridized carbons (Fsp3) is 0.222. The predicted octanol–water partition coefficient (Wildman–Crippen LogP) is 3.14. The lowest BCUT2D eigenvalue weighted by atomic mass is 9.95. The minimum atomic E-state index is 0.0288. The highest BCUT2D eigenvalue weighted by molar-refractivity contribution is 6.09. The number of fused-ring (bicyclic) bond motifs is 1. The molecule has 0 spiro atoms. The Morgan fingerprint density at radius 1 is 1.05 bits per heavy atom. The van der Waals surface area contributed by atoms with Crippen LogP contribution in [-0.2, 0) is 11.2 Å². The molecule has 0 aliphatic carbocycles. The van der Waals surface area contributed by atoms with Crippen molar-refractivity contribution in [3.8, 4) is 0 Å². The SMILES string of the molecule is Cc1cccc(C(=O)c2ccc3c(c2)CCC(=O)N3C)c1. The molecule has 0 radical (unpaired) electrons. The third kappa shape index (κ3) is 2.47. The van der Waals surface area contributed by atoms with Crippen molar-refractivity contribution in [1.82, 2.24) is 0 Å². The lowest BCUT2D eigenvalue weighted by Gasteiger charge is -2.26. The number of nitrogens with zero attached hydrogens (tertiary/aromatic N) is 1. The highest BCUT2D eigenvalue weighted by Crippen LogP contribution is 2.28. The standard InChI is InChI=1S/C18H17NO2/c1-12-4-3-5-14(10-12)18(21)15-6-8-16-13(11-15)7-9-17(20)19(16)2/h3-6,8,10-11H,7,9H2,1-2H3. The zero-order valence-electron chi connectivity index (χ0n) is 12.2. The van der Waals surface area contributed by atoms with E-state index in [-0.39, 0.29) is 11.7 Å². The largest absolute Gasteiger partial charge is 0.315 e. The van der Waals surface area contributed by atoms with E-state index in [9.17, 15) is 9.59 Å². The monoisotopic (exact) mass is 279 g/mol. The molecule has 0 fully saturated rings. The van der Waals surface area contributed by atoms with Gasteiger partial charge >= 0.3 is 0 Å². The molecule has 106 valence electrons. The van der Waals surface area contributed by atoms with Crippen LogP contribution in [0, 0.1) is 6.92 Å². The highest BCUT2D eigenvalue weighted by Gasteiger charge is 2.22. The van der Waals surface area contributed by atoms with Gasteiger partial charge in [0.05, 0.1) is 0 Å². The van der Waals surface area contributed by atoms with Gasteiger partial charge in [0.2, 0.25) is 5.91 Å². The Hall–Kier alpha value is -2.42. The molecule has 21 heavy (non-hydrogen) atoms. The minimum Gasteiger partial charge on any atom is -0.315 e. The maximum absolute atomic E-state index is 12.5. The molecule has 0 bridgehead atoms. The molecule has 1 aliphatic rings. The Morgan fingerprint density at radius 2 is 1.81 bits per heavy atom. The van der Waals surface area contributed by atoms with Gasteiger partial charge in [-0.1, -0.05) is 23.8 Å². The zero-order valence-corrected chi connectivity index (χ0v) is 12.2. The second kappa shape index (κ2) is 5.17. The number of rotatable bonds is 2. The Bertz CT molecular complexity index is 734. The van der Waals surface area contributed by atoms with Crippen LogP contribution in [0.4, 0.5) is 5.69 Å². The molecule has 2 aromatic rings. The average molecular weight is 279 g/mol. The number of carbonyl (C=O) groups excluding carboxylic acids is 2. The maximum Gasteiger partial charge on any atom is 0.227 e. The molecule has 2 aromatic carbocycles. The first-order chi connectivity index (χ1) is 10.1. The van der Waals surface area contributed by atoms with Crippen molar-refractivity contribution >= 4 is 17.4 Å². The molecule has 3 heteroatoms. The molecule has 1 aliphatic heterocycles. The van der Waals surface area contributed by atoms with Gasteiger partial charge in [0.25, 0.3) is 0 Å². The van der Waals surface area contributed by atoms with Crippen LogP contribution >= 0.6 is 0 Å². The molecule has 3 rings (SSSR count). The van der Waals surface area contributed by atoms with Crippen LogP contribution < -0.4 is 4.90 Å². The smallest absolute Gasteiger partial charge is 0.227 e. The molecule has 0 aromatic heterocycles. The lowest BCUT2D eigenvalue weighted by molar-refractivity contribution is -0.118. The number of ketones is 1. The van der Waals surface area contributed by atoms with Crippen molar-refractivity contribution in [3.05, 3.63) is 64.7 Å². The molecular weight excluding hydrogens is 262 g/mol. The zero-order chi connectivity index (χ0) is 15.0. The topological polar surface area (TPSA) is 37.4 Å². The van der Waals surface area contributed by atoms with Gasteiger partial charge in [0, 0.05) is 30.3 Å². The minimum absolute atomic E-state index is 0.0288. The molecule has 1 heterocycles. The van der Waals surface area contributed by atoms with Gasteiger partial charge in [-0.3, -0.25) is 9.59 Å². The van der Waals surface area contributed by atoms with Crippen molar-refractivity contribution in [2.75, 3.05) is 11.9 Å². The Balaban J connectivity index is 1.98. The highest BCUT2D eigenvalue weighted by atomic mass is 16.2. The average Bonchev–Trinajstić information content (AvgIpc) is 2.50. The van der Waals surface area contributed by atoms with Crippen LogP contribution in [0.1, 0.15) is 33.5 Å². The van der Waals surface area contributed by atoms with E-state index in [2.05, 4.69) is 0 Å². The molecule has 0 saturated heterocycles. The summed E-state index contributed by atoms with van der Waals surface area (Å²) in [7, 11) is 1.78. The number of benzene rings is 2. The first-order valence-electron chi connectivity index (χ1n) is 7.07. The second-order valence-electron chi connectivity index (χ2n) is 5.49. The number of carbonyl (C=O) groups is 2. The number of aryl methyl sites for hydroxylation is 2. The summed E-state index contributed by atoms with van der Waals surface area (Å²) in [6.07, 6.45) is 1.21. The maximum atomic E-state index is 12.5. The van der Waals surface area contributed by atoms with E-state index in [1.807, 2.05) is 43.3 Å². The van der Waals surface area contributed by atoms with Gasteiger partial charge in [0.15, 0.2) is 5.78 Å². The summed E-state index contributed by atoms with van der Waals surface area (Å²) in [6, 6.07) is 13.2. The summed E-state index contributed by atoms with van der Waals surface area (Å²) in [5.74, 6) is 0.154. The van der Waals surface area contributed by atoms with Gasteiger partial charge in [-0.2, -0.15) is 0 Å². The summed E-state index contributed by atoms with van der Waals surface area (Å²) in [5, 5.41) is 0. The van der Waals surface area contributed by atoms with Crippen LogP contribution in [0.5, 0.6) is 0 Å². The number of hydrogen-bond donors (Lipinski definition) is 0. The van der Waals surface area contributed by atoms with Crippen molar-refractivity contribution in [3.63, 3.8) is 0 Å². The van der Waals surface area contributed by atoms with Crippen LogP contribution in [-0.4, -0.2) is 18.7 Å². The summed E-state index contributed by atoms with van der Waals surface area (Å²) < 4.78 is 0. The van der Waals surface area contributed by atoms with Crippen LogP contribution in [0.25, 0.3) is 0 Å². The van der Waals surface area contributed by atoms with Gasteiger partial charge in [-0.05, 0) is 43.2 Å². The van der Waals surface area contributed by atoms with E-state index >= 15 is 0 Å². The fourth-order valence-corrected chi connectivity index (χ4v) is 2.75. The number of amides is 1. The van der Waals surface area contributed by atoms with E-state index in [1.54, 1.807) is 18.0 Å². The van der Waals surface area contributed by atoms with Gasteiger partial charge in [-0.15, -0.1) is 0 Å². The van der Waals surface area contributed by atoms with E-state index in [1.165, 1.54) is 0 Å². The summed E-state index contributed by atoms with van der Waals surface area (Å²) in [4.78, 5) is 25.9. The second-order valence-corrected chi connectivity index (χ2v) is 5.49. The summed E-state index contributed by atoms with van der Waals surface area (Å²) in [5.41, 5.74) is 4.43. The van der Waals surface area contributed by atoms with E-state index < -0.39 is 0 Å². The van der Waals surface area contributed by atoms with E-state index in [0.717, 1.165) is 16.8 Å². The molecule has 0 saturated carbocycles. The van der Waals surface area contributed by atoms with Crippen molar-refractivity contribution in [2.45, 2.75) is 19.8 Å². The Morgan fingerprint density at radius 3 is 2.57 bits per heavy atom. The van der Waals surface area contributed by atoms with Crippen LogP contribution in [0.15, 0.2) is 42.5 Å². The van der Waals surface area contributed by atoms with Gasteiger partial charge < -0.3 is 4.90 Å². The molecule has 3 nitrogen and oxygen atoms in total. The summed E-state index contributed by atoms with van der Waals surface area (Å²) in [6.45, 7) is 1.98. The predicted molar refractivity (Wildman–Crippen MR) is 82.8 cm³/mol. The third-order valence-corrected chi connectivity index (χ3v) is 3.97. The third-order valence-electron chi connectivity index (χ3n) is 3.97. The number of hydrogen-bond acceptors (Lipinski definition) is 2. The molecule has 1 amide bonds. The first-order valence-corrected chi connectivity index (χ1v) is 7.07. The summed E-state index contributed by atoms with van der Waals surface area (Å²) >= 11 is 0. The number of anilines is 1. The molecule has 0 atom stereocenters. The van der Waals surface area contributed by atoms with Crippen molar-refractivity contribution in [1.29, 1.82) is 0 Å². The Labute approximate surface area is 124 Å². The van der Waals surface area contributed by atoms with Crippen LogP contribution in [0.2, 0.25) is 0 Å². The van der Waals surface area contributed by atoms with E-state index in [0.29, 0.717) is 24.0 Å². The lowest BCUT2D eigenvalue weighted by Crippen LogP contribution is -2.31. The normalized spacial score (nSPS) is 14.0. The Kier molecular flexibility index (Phi) is 3.34. The van der Waals surface area contributed by atoms with Crippen LogP contribution in [0.3, 0.4) is 0 Å². The van der Waals surface area contributed by atoms with E-state index in [4.69, 9.17) is 0 Å². The quantitative estimate of drug-likeness (QED) is 0.792. The molecule has 0 N–H and O–H groups in total. The van der Waals surface area contributed by atoms with Gasteiger partial charge in [-0.25, -0.2) is 0 Å². The van der Waals surface area contributed by atoms with Crippen molar-refractivity contribution in [2.24, 2.45) is 0 Å². The van der Waals surface area contributed by atoms with Gasteiger partial charge in [0.1, 0.15) is 0 Å².